The molecule has 1 amide bonds. The number of hydrogen-bond acceptors (Lipinski definition) is 4. The number of fused-ring (bicyclic) bond motifs is 4. The standard InChI is InChI=1S/C15H21N3O4/c1-15(2,3)22-14(21)18-9-4-5-12(18)10-7-17(8-13(19)20)16-11(10)6-9/h7,9,12H,4-6,8H2,1-3H3,(H,19,20). The first-order chi connectivity index (χ1) is 10.2. The first-order valence-corrected chi connectivity index (χ1v) is 7.54. The van der Waals surface area contributed by atoms with Crippen molar-refractivity contribution in [1.82, 2.24) is 14.7 Å². The molecule has 0 radical (unpaired) electrons. The van der Waals surface area contributed by atoms with Crippen LogP contribution in [0.25, 0.3) is 0 Å². The monoisotopic (exact) mass is 307 g/mol. The lowest BCUT2D eigenvalue weighted by Crippen LogP contribution is -2.44. The maximum atomic E-state index is 12.5. The van der Waals surface area contributed by atoms with E-state index in [1.165, 1.54) is 4.68 Å². The van der Waals surface area contributed by atoms with Crippen molar-refractivity contribution in [2.24, 2.45) is 0 Å². The fraction of sp³-hybridized carbons (Fsp3) is 0.667. The van der Waals surface area contributed by atoms with Gasteiger partial charge in [0.2, 0.25) is 0 Å². The van der Waals surface area contributed by atoms with Gasteiger partial charge in [-0.1, -0.05) is 0 Å². The van der Waals surface area contributed by atoms with Gasteiger partial charge in [-0.2, -0.15) is 5.10 Å². The summed E-state index contributed by atoms with van der Waals surface area (Å²) in [6, 6.07) is 0.0478. The zero-order chi connectivity index (χ0) is 16.1. The number of amides is 1. The van der Waals surface area contributed by atoms with Crippen molar-refractivity contribution in [3.63, 3.8) is 0 Å². The Morgan fingerprint density at radius 3 is 2.77 bits per heavy atom. The zero-order valence-corrected chi connectivity index (χ0v) is 13.1. The van der Waals surface area contributed by atoms with Crippen LogP contribution in [0.5, 0.6) is 0 Å². The SMILES string of the molecule is CC(C)(C)OC(=O)N1C2CCC1c1cn(CC(=O)O)nc1C2. The van der Waals surface area contributed by atoms with Gasteiger partial charge in [-0.05, 0) is 33.6 Å². The molecule has 2 unspecified atom stereocenters. The number of carboxylic acid groups (broad SMARTS) is 1. The molecule has 22 heavy (non-hydrogen) atoms. The summed E-state index contributed by atoms with van der Waals surface area (Å²) in [6.45, 7) is 5.41. The Bertz CT molecular complexity index is 617. The molecule has 1 fully saturated rings. The number of ether oxygens (including phenoxy) is 1. The molecule has 2 aliphatic rings. The van der Waals surface area contributed by atoms with Crippen LogP contribution in [0.1, 0.15) is 50.9 Å². The molecule has 120 valence electrons. The Balaban J connectivity index is 1.84. The fourth-order valence-electron chi connectivity index (χ4n) is 3.34. The minimum atomic E-state index is -0.922. The highest BCUT2D eigenvalue weighted by Crippen LogP contribution is 2.43. The highest BCUT2D eigenvalue weighted by Gasteiger charge is 2.45. The van der Waals surface area contributed by atoms with Gasteiger partial charge >= 0.3 is 12.1 Å². The summed E-state index contributed by atoms with van der Waals surface area (Å²) in [6.07, 6.45) is 3.93. The van der Waals surface area contributed by atoms with Gasteiger partial charge in [0.15, 0.2) is 0 Å². The van der Waals surface area contributed by atoms with Crippen LogP contribution < -0.4 is 0 Å². The van der Waals surface area contributed by atoms with Crippen LogP contribution in [0.2, 0.25) is 0 Å². The lowest BCUT2D eigenvalue weighted by atomic mass is 10.0. The van der Waals surface area contributed by atoms with Crippen molar-refractivity contribution in [3.05, 3.63) is 17.5 Å². The van der Waals surface area contributed by atoms with Crippen LogP contribution in [0.15, 0.2) is 6.20 Å². The Morgan fingerprint density at radius 1 is 1.41 bits per heavy atom. The van der Waals surface area contributed by atoms with Crippen LogP contribution in [0.4, 0.5) is 4.79 Å². The van der Waals surface area contributed by atoms with Gasteiger partial charge in [-0.15, -0.1) is 0 Å². The molecule has 2 bridgehead atoms. The van der Waals surface area contributed by atoms with E-state index in [9.17, 15) is 9.59 Å². The largest absolute Gasteiger partial charge is 0.480 e. The topological polar surface area (TPSA) is 84.7 Å². The number of carboxylic acids is 1. The lowest BCUT2D eigenvalue weighted by molar-refractivity contribution is -0.137. The summed E-state index contributed by atoms with van der Waals surface area (Å²) in [4.78, 5) is 25.1. The number of carbonyl (C=O) groups is 2. The molecule has 1 aromatic rings. The van der Waals surface area contributed by atoms with E-state index in [0.29, 0.717) is 6.42 Å². The molecule has 3 heterocycles. The molecule has 2 aliphatic heterocycles. The number of rotatable bonds is 2. The van der Waals surface area contributed by atoms with E-state index < -0.39 is 11.6 Å². The van der Waals surface area contributed by atoms with Crippen molar-refractivity contribution >= 4 is 12.1 Å². The summed E-state index contributed by atoms with van der Waals surface area (Å²) in [5.74, 6) is -0.922. The molecule has 3 rings (SSSR count). The van der Waals surface area contributed by atoms with Crippen molar-refractivity contribution < 1.29 is 19.4 Å². The van der Waals surface area contributed by atoms with Gasteiger partial charge in [0, 0.05) is 24.2 Å². The van der Waals surface area contributed by atoms with Crippen LogP contribution in [-0.2, 0) is 22.5 Å². The highest BCUT2D eigenvalue weighted by atomic mass is 16.6. The van der Waals surface area contributed by atoms with Crippen LogP contribution in [0, 0.1) is 0 Å². The minimum absolute atomic E-state index is 0.0499. The molecular formula is C15H21N3O4. The summed E-state index contributed by atoms with van der Waals surface area (Å²) < 4.78 is 6.96. The summed E-state index contributed by atoms with van der Waals surface area (Å²) >= 11 is 0. The zero-order valence-electron chi connectivity index (χ0n) is 13.1. The summed E-state index contributed by atoms with van der Waals surface area (Å²) in [5.41, 5.74) is 1.35. The van der Waals surface area contributed by atoms with Crippen molar-refractivity contribution in [3.8, 4) is 0 Å². The second-order valence-electron chi connectivity index (χ2n) is 6.96. The highest BCUT2D eigenvalue weighted by molar-refractivity contribution is 5.70. The molecule has 7 heteroatoms. The van der Waals surface area contributed by atoms with Gasteiger partial charge in [-0.3, -0.25) is 14.4 Å². The van der Waals surface area contributed by atoms with E-state index in [-0.39, 0.29) is 24.7 Å². The molecular weight excluding hydrogens is 286 g/mol. The number of aromatic nitrogens is 2. The van der Waals surface area contributed by atoms with Gasteiger partial charge in [-0.25, -0.2) is 4.79 Å². The van der Waals surface area contributed by atoms with Gasteiger partial charge in [0.1, 0.15) is 12.1 Å². The maximum Gasteiger partial charge on any atom is 0.411 e. The third-order valence-electron chi connectivity index (χ3n) is 4.06. The molecule has 0 aromatic carbocycles. The normalized spacial score (nSPS) is 23.3. The number of carbonyl (C=O) groups excluding carboxylic acids is 1. The van der Waals surface area contributed by atoms with E-state index in [0.717, 1.165) is 24.1 Å². The van der Waals surface area contributed by atoms with Crippen molar-refractivity contribution in [2.75, 3.05) is 0 Å². The first-order valence-electron chi connectivity index (χ1n) is 7.54. The molecule has 7 nitrogen and oxygen atoms in total. The van der Waals surface area contributed by atoms with Crippen LogP contribution in [-0.4, -0.2) is 43.5 Å². The Morgan fingerprint density at radius 2 is 2.14 bits per heavy atom. The molecule has 0 spiro atoms. The van der Waals surface area contributed by atoms with Gasteiger partial charge < -0.3 is 9.84 Å². The van der Waals surface area contributed by atoms with Crippen molar-refractivity contribution in [2.45, 2.75) is 64.3 Å². The summed E-state index contributed by atoms with van der Waals surface area (Å²) in [7, 11) is 0. The predicted octanol–water partition coefficient (Wildman–Crippen LogP) is 1.96. The minimum Gasteiger partial charge on any atom is -0.480 e. The molecule has 0 saturated carbocycles. The second kappa shape index (κ2) is 5.00. The third kappa shape index (κ3) is 2.67. The summed E-state index contributed by atoms with van der Waals surface area (Å²) in [5, 5.41) is 13.2. The number of hydrogen-bond donors (Lipinski definition) is 1. The van der Waals surface area contributed by atoms with Crippen LogP contribution >= 0.6 is 0 Å². The average molecular weight is 307 g/mol. The fourth-order valence-corrected chi connectivity index (χ4v) is 3.34. The van der Waals surface area contributed by atoms with Gasteiger partial charge in [0.05, 0.1) is 11.7 Å². The lowest BCUT2D eigenvalue weighted by Gasteiger charge is -2.35. The van der Waals surface area contributed by atoms with Gasteiger partial charge in [0.25, 0.3) is 0 Å². The second-order valence-corrected chi connectivity index (χ2v) is 6.96. The third-order valence-corrected chi connectivity index (χ3v) is 4.06. The quantitative estimate of drug-likeness (QED) is 0.903. The maximum absolute atomic E-state index is 12.5. The molecule has 1 N–H and O–H groups in total. The number of nitrogens with zero attached hydrogens (tertiary/aromatic N) is 3. The predicted molar refractivity (Wildman–Crippen MR) is 77.4 cm³/mol. The molecule has 1 saturated heterocycles. The number of aliphatic carboxylic acids is 1. The smallest absolute Gasteiger partial charge is 0.411 e. The Kier molecular flexibility index (Phi) is 3.38. The Hall–Kier alpha value is -2.05. The van der Waals surface area contributed by atoms with Crippen molar-refractivity contribution in [1.29, 1.82) is 0 Å². The molecule has 0 aliphatic carbocycles. The first kappa shape index (κ1) is 14.9. The van der Waals surface area contributed by atoms with Crippen LogP contribution in [0.3, 0.4) is 0 Å². The van der Waals surface area contributed by atoms with E-state index in [2.05, 4.69) is 5.10 Å². The van der Waals surface area contributed by atoms with E-state index in [1.807, 2.05) is 20.8 Å². The molecule has 2 atom stereocenters. The Labute approximate surface area is 128 Å². The van der Waals surface area contributed by atoms with E-state index in [4.69, 9.17) is 9.84 Å². The van der Waals surface area contributed by atoms with E-state index >= 15 is 0 Å². The molecule has 1 aromatic heterocycles. The van der Waals surface area contributed by atoms with E-state index in [1.54, 1.807) is 11.1 Å². The average Bonchev–Trinajstić information content (AvgIpc) is 2.88.